The average Bonchev–Trinajstić information content (AvgIpc) is 2.38. The highest BCUT2D eigenvalue weighted by molar-refractivity contribution is 7.80. The summed E-state index contributed by atoms with van der Waals surface area (Å²) in [6, 6.07) is 7.74. The van der Waals surface area contributed by atoms with Crippen molar-refractivity contribution in [2.75, 3.05) is 27.3 Å². The van der Waals surface area contributed by atoms with Crippen LogP contribution in [0.5, 0.6) is 0 Å². The molecule has 0 radical (unpaired) electrons. The second-order valence-electron chi connectivity index (χ2n) is 5.16. The Bertz CT molecular complexity index is 494. The van der Waals surface area contributed by atoms with E-state index in [2.05, 4.69) is 5.32 Å². The molecule has 0 aromatic heterocycles. The minimum Gasteiger partial charge on any atom is -0.389 e. The van der Waals surface area contributed by atoms with E-state index in [4.69, 9.17) is 22.7 Å². The number of thiocarbonyl (C=S) groups is 1. The van der Waals surface area contributed by atoms with E-state index in [9.17, 15) is 4.79 Å². The second kappa shape index (κ2) is 8.71. The van der Waals surface area contributed by atoms with Gasteiger partial charge in [-0.15, -0.1) is 0 Å². The van der Waals surface area contributed by atoms with E-state index in [-0.39, 0.29) is 11.9 Å². The highest BCUT2D eigenvalue weighted by Gasteiger charge is 2.10. The molecule has 1 aromatic rings. The molecule has 0 heterocycles. The molecule has 21 heavy (non-hydrogen) atoms. The van der Waals surface area contributed by atoms with Crippen molar-refractivity contribution in [3.8, 4) is 0 Å². The van der Waals surface area contributed by atoms with Crippen LogP contribution in [0, 0.1) is 0 Å². The van der Waals surface area contributed by atoms with Gasteiger partial charge in [0.1, 0.15) is 4.99 Å². The van der Waals surface area contributed by atoms with Crippen LogP contribution in [0.2, 0.25) is 0 Å². The van der Waals surface area contributed by atoms with Gasteiger partial charge in [0.2, 0.25) is 5.91 Å². The number of carbonyl (C=O) groups excluding carboxylic acids is 1. The molecule has 1 atom stereocenters. The van der Waals surface area contributed by atoms with Crippen molar-refractivity contribution in [1.29, 1.82) is 0 Å². The van der Waals surface area contributed by atoms with E-state index in [1.807, 2.05) is 43.1 Å². The van der Waals surface area contributed by atoms with Gasteiger partial charge in [-0.2, -0.15) is 0 Å². The van der Waals surface area contributed by atoms with Crippen molar-refractivity contribution in [2.24, 2.45) is 5.73 Å². The Kier molecular flexibility index (Phi) is 7.28. The molecule has 0 saturated carbocycles. The lowest BCUT2D eigenvalue weighted by molar-refractivity contribution is -0.123. The van der Waals surface area contributed by atoms with Crippen molar-refractivity contribution in [1.82, 2.24) is 10.2 Å². The first kappa shape index (κ1) is 17.6. The minimum atomic E-state index is -0.0208. The van der Waals surface area contributed by atoms with Crippen LogP contribution >= 0.6 is 12.2 Å². The fourth-order valence-corrected chi connectivity index (χ4v) is 2.17. The highest BCUT2D eigenvalue weighted by atomic mass is 32.1. The average molecular weight is 309 g/mol. The van der Waals surface area contributed by atoms with Gasteiger partial charge in [0, 0.05) is 25.3 Å². The largest absolute Gasteiger partial charge is 0.389 e. The number of amides is 1. The van der Waals surface area contributed by atoms with Gasteiger partial charge in [-0.25, -0.2) is 0 Å². The Labute approximate surface area is 131 Å². The zero-order valence-electron chi connectivity index (χ0n) is 12.8. The number of methoxy groups -OCH3 is 1. The Morgan fingerprint density at radius 3 is 2.86 bits per heavy atom. The van der Waals surface area contributed by atoms with Crippen molar-refractivity contribution in [2.45, 2.75) is 19.5 Å². The molecule has 0 aliphatic heterocycles. The number of nitrogens with zero attached hydrogens (tertiary/aromatic N) is 1. The summed E-state index contributed by atoms with van der Waals surface area (Å²) in [5, 5.41) is 2.88. The first-order valence-electron chi connectivity index (χ1n) is 6.78. The van der Waals surface area contributed by atoms with Crippen LogP contribution < -0.4 is 11.1 Å². The molecule has 1 amide bonds. The molecule has 5 nitrogen and oxygen atoms in total. The normalized spacial score (nSPS) is 12.2. The highest BCUT2D eigenvalue weighted by Crippen LogP contribution is 2.07. The third kappa shape index (κ3) is 6.66. The standard InChI is InChI=1S/C15H23N3O2S/c1-11(10-20-3)17-14(19)9-18(2)8-12-5-4-6-13(7-12)15(16)21/h4-7,11H,8-10H2,1-3H3,(H2,16,21)(H,17,19). The molecule has 1 unspecified atom stereocenters. The Morgan fingerprint density at radius 1 is 1.52 bits per heavy atom. The third-order valence-corrected chi connectivity index (χ3v) is 3.14. The number of nitrogens with two attached hydrogens (primary N) is 1. The number of ether oxygens (including phenoxy) is 1. The summed E-state index contributed by atoms with van der Waals surface area (Å²) in [6.07, 6.45) is 0. The van der Waals surface area contributed by atoms with Gasteiger partial charge >= 0.3 is 0 Å². The van der Waals surface area contributed by atoms with Gasteiger partial charge in [0.15, 0.2) is 0 Å². The summed E-state index contributed by atoms with van der Waals surface area (Å²) in [5.41, 5.74) is 7.53. The van der Waals surface area contributed by atoms with Crippen molar-refractivity contribution < 1.29 is 9.53 Å². The lowest BCUT2D eigenvalue weighted by Gasteiger charge is -2.19. The lowest BCUT2D eigenvalue weighted by atomic mass is 10.1. The van der Waals surface area contributed by atoms with Crippen LogP contribution in [0.1, 0.15) is 18.1 Å². The van der Waals surface area contributed by atoms with Crippen LogP contribution in [0.4, 0.5) is 0 Å². The number of carbonyl (C=O) groups is 1. The van der Waals surface area contributed by atoms with Crippen molar-refractivity contribution >= 4 is 23.1 Å². The smallest absolute Gasteiger partial charge is 0.234 e. The van der Waals surface area contributed by atoms with Gasteiger partial charge in [0.05, 0.1) is 13.2 Å². The quantitative estimate of drug-likeness (QED) is 0.699. The number of hydrogen-bond donors (Lipinski definition) is 2. The lowest BCUT2D eigenvalue weighted by Crippen LogP contribution is -2.41. The molecule has 1 rings (SSSR count). The van der Waals surface area contributed by atoms with Crippen LogP contribution in [0.3, 0.4) is 0 Å². The number of hydrogen-bond acceptors (Lipinski definition) is 4. The molecule has 0 fully saturated rings. The van der Waals surface area contributed by atoms with E-state index in [1.54, 1.807) is 7.11 Å². The maximum absolute atomic E-state index is 11.9. The summed E-state index contributed by atoms with van der Waals surface area (Å²) < 4.78 is 4.99. The van der Waals surface area contributed by atoms with Crippen molar-refractivity contribution in [3.05, 3.63) is 35.4 Å². The minimum absolute atomic E-state index is 0.00819. The molecule has 0 aliphatic carbocycles. The maximum Gasteiger partial charge on any atom is 0.234 e. The zero-order chi connectivity index (χ0) is 15.8. The second-order valence-corrected chi connectivity index (χ2v) is 5.60. The summed E-state index contributed by atoms with van der Waals surface area (Å²) >= 11 is 4.97. The fourth-order valence-electron chi connectivity index (χ4n) is 2.05. The van der Waals surface area contributed by atoms with Gasteiger partial charge in [-0.05, 0) is 25.6 Å². The van der Waals surface area contributed by atoms with E-state index >= 15 is 0 Å². The number of likely N-dealkylation sites (N-methyl/N-ethyl adjacent to an activating group) is 1. The number of rotatable bonds is 8. The molecule has 0 spiro atoms. The van der Waals surface area contributed by atoms with Crippen molar-refractivity contribution in [3.63, 3.8) is 0 Å². The molecule has 3 N–H and O–H groups in total. The van der Waals surface area contributed by atoms with E-state index in [0.717, 1.165) is 11.1 Å². The third-order valence-electron chi connectivity index (χ3n) is 2.90. The number of nitrogens with one attached hydrogen (secondary N) is 1. The first-order chi connectivity index (χ1) is 9.92. The predicted octanol–water partition coefficient (Wildman–Crippen LogP) is 0.904. The van der Waals surface area contributed by atoms with Gasteiger partial charge < -0.3 is 15.8 Å². The summed E-state index contributed by atoms with van der Waals surface area (Å²) in [7, 11) is 3.51. The Balaban J connectivity index is 2.49. The van der Waals surface area contributed by atoms with Crippen LogP contribution in [0.15, 0.2) is 24.3 Å². The maximum atomic E-state index is 11.9. The molecular formula is C15H23N3O2S. The molecule has 6 heteroatoms. The molecule has 0 bridgehead atoms. The van der Waals surface area contributed by atoms with Crippen LogP contribution in [-0.2, 0) is 16.1 Å². The monoisotopic (exact) mass is 309 g/mol. The molecule has 1 aromatic carbocycles. The fraction of sp³-hybridized carbons (Fsp3) is 0.467. The number of benzene rings is 1. The molecule has 0 saturated heterocycles. The summed E-state index contributed by atoms with van der Waals surface area (Å²) in [6.45, 7) is 3.40. The first-order valence-corrected chi connectivity index (χ1v) is 7.18. The van der Waals surface area contributed by atoms with Crippen LogP contribution in [0.25, 0.3) is 0 Å². The van der Waals surface area contributed by atoms with E-state index < -0.39 is 0 Å². The Hall–Kier alpha value is -1.50. The van der Waals surface area contributed by atoms with Crippen LogP contribution in [-0.4, -0.2) is 49.1 Å². The van der Waals surface area contributed by atoms with E-state index in [0.29, 0.717) is 24.7 Å². The Morgan fingerprint density at radius 2 is 2.24 bits per heavy atom. The van der Waals surface area contributed by atoms with E-state index in [1.165, 1.54) is 0 Å². The summed E-state index contributed by atoms with van der Waals surface area (Å²) in [5.74, 6) is -0.0208. The topological polar surface area (TPSA) is 67.6 Å². The predicted molar refractivity (Wildman–Crippen MR) is 88.1 cm³/mol. The van der Waals surface area contributed by atoms with Gasteiger partial charge in [-0.3, -0.25) is 9.69 Å². The molecule has 0 aliphatic rings. The van der Waals surface area contributed by atoms with Gasteiger partial charge in [-0.1, -0.05) is 30.4 Å². The molecule has 116 valence electrons. The van der Waals surface area contributed by atoms with Gasteiger partial charge in [0.25, 0.3) is 0 Å². The summed E-state index contributed by atoms with van der Waals surface area (Å²) in [4.78, 5) is 14.2. The zero-order valence-corrected chi connectivity index (χ0v) is 13.6. The SMILES string of the molecule is COCC(C)NC(=O)CN(C)Cc1cccc(C(N)=S)c1. The molecular weight excluding hydrogens is 286 g/mol.